The summed E-state index contributed by atoms with van der Waals surface area (Å²) in [5.74, 6) is 0.790. The van der Waals surface area contributed by atoms with Crippen LogP contribution >= 0.6 is 0 Å². The minimum Gasteiger partial charge on any atom is -0.391 e. The fraction of sp³-hybridized carbons (Fsp3) is 0.812. The monoisotopic (exact) mass is 279 g/mol. The number of hydrogen-bond donors (Lipinski definition) is 1. The summed E-state index contributed by atoms with van der Waals surface area (Å²) in [4.78, 5) is 2.24. The molecule has 0 saturated heterocycles. The maximum atomic E-state index is 10.8. The summed E-state index contributed by atoms with van der Waals surface area (Å²) in [6.07, 6.45) is 8.92. The van der Waals surface area contributed by atoms with Gasteiger partial charge in [-0.1, -0.05) is 6.92 Å². The van der Waals surface area contributed by atoms with Gasteiger partial charge in [-0.15, -0.1) is 0 Å². The van der Waals surface area contributed by atoms with Gasteiger partial charge in [0.05, 0.1) is 12.3 Å². The van der Waals surface area contributed by atoms with Gasteiger partial charge in [0.1, 0.15) is 0 Å². The third-order valence-corrected chi connectivity index (χ3v) is 5.09. The molecule has 20 heavy (non-hydrogen) atoms. The van der Waals surface area contributed by atoms with Gasteiger partial charge in [0.2, 0.25) is 0 Å². The SMILES string of the molecule is CCn1cc(CC(O)C2(N(C)C)CCC(C)CC2)cn1. The van der Waals surface area contributed by atoms with E-state index in [1.165, 1.54) is 12.8 Å². The highest BCUT2D eigenvalue weighted by Crippen LogP contribution is 2.38. The normalized spacial score (nSPS) is 28.8. The van der Waals surface area contributed by atoms with Gasteiger partial charge >= 0.3 is 0 Å². The Bertz CT molecular complexity index is 419. The number of aryl methyl sites for hydroxylation is 1. The quantitative estimate of drug-likeness (QED) is 0.899. The molecule has 0 bridgehead atoms. The largest absolute Gasteiger partial charge is 0.391 e. The lowest BCUT2D eigenvalue weighted by Crippen LogP contribution is -2.56. The molecule has 4 heteroatoms. The Labute approximate surface area is 122 Å². The summed E-state index contributed by atoms with van der Waals surface area (Å²) in [5.41, 5.74) is 1.07. The number of aromatic nitrogens is 2. The summed E-state index contributed by atoms with van der Waals surface area (Å²) in [7, 11) is 4.21. The second-order valence-electron chi connectivity index (χ2n) is 6.60. The third-order valence-electron chi connectivity index (χ3n) is 5.09. The van der Waals surface area contributed by atoms with E-state index in [-0.39, 0.29) is 11.6 Å². The van der Waals surface area contributed by atoms with Crippen LogP contribution in [-0.2, 0) is 13.0 Å². The lowest BCUT2D eigenvalue weighted by atomic mass is 9.72. The number of aliphatic hydroxyl groups is 1. The van der Waals surface area contributed by atoms with E-state index in [0.29, 0.717) is 6.42 Å². The zero-order chi connectivity index (χ0) is 14.8. The van der Waals surface area contributed by atoms with Gasteiger partial charge in [0, 0.05) is 24.7 Å². The zero-order valence-corrected chi connectivity index (χ0v) is 13.3. The van der Waals surface area contributed by atoms with E-state index in [2.05, 4.69) is 44.1 Å². The predicted octanol–water partition coefficient (Wildman–Crippen LogP) is 2.32. The molecule has 0 aliphatic heterocycles. The molecule has 0 spiro atoms. The average molecular weight is 279 g/mol. The first-order valence-electron chi connectivity index (χ1n) is 7.84. The van der Waals surface area contributed by atoms with Gasteiger partial charge < -0.3 is 10.0 Å². The third kappa shape index (κ3) is 3.07. The maximum Gasteiger partial charge on any atom is 0.0765 e. The summed E-state index contributed by atoms with van der Waals surface area (Å²) in [6.45, 7) is 5.28. The van der Waals surface area contributed by atoms with E-state index >= 15 is 0 Å². The molecule has 1 aliphatic carbocycles. The highest BCUT2D eigenvalue weighted by Gasteiger charge is 2.42. The van der Waals surface area contributed by atoms with E-state index in [0.717, 1.165) is 30.9 Å². The predicted molar refractivity (Wildman–Crippen MR) is 81.7 cm³/mol. The van der Waals surface area contributed by atoms with Crippen molar-refractivity contribution in [3.63, 3.8) is 0 Å². The summed E-state index contributed by atoms with van der Waals surface area (Å²) in [5, 5.41) is 15.1. The standard InChI is InChI=1S/C16H29N3O/c1-5-19-12-14(11-17-19)10-15(20)16(18(3)4)8-6-13(2)7-9-16/h11-13,15,20H,5-10H2,1-4H3. The average Bonchev–Trinajstić information content (AvgIpc) is 2.87. The molecule has 1 fully saturated rings. The van der Waals surface area contributed by atoms with Gasteiger partial charge in [-0.05, 0) is 58.2 Å². The lowest BCUT2D eigenvalue weighted by molar-refractivity contribution is -0.0382. The Morgan fingerprint density at radius 1 is 1.45 bits per heavy atom. The van der Waals surface area contributed by atoms with E-state index in [4.69, 9.17) is 0 Å². The fourth-order valence-corrected chi connectivity index (χ4v) is 3.44. The van der Waals surface area contributed by atoms with Crippen molar-refractivity contribution in [3.05, 3.63) is 18.0 Å². The van der Waals surface area contributed by atoms with Crippen molar-refractivity contribution in [1.82, 2.24) is 14.7 Å². The van der Waals surface area contributed by atoms with E-state index in [1.54, 1.807) is 0 Å². The Kier molecular flexibility index (Phi) is 4.86. The summed E-state index contributed by atoms with van der Waals surface area (Å²) in [6, 6.07) is 0. The minimum atomic E-state index is -0.320. The molecule has 2 rings (SSSR count). The first-order chi connectivity index (χ1) is 9.48. The number of nitrogens with zero attached hydrogens (tertiary/aromatic N) is 3. The fourth-order valence-electron chi connectivity index (χ4n) is 3.44. The van der Waals surface area contributed by atoms with Crippen molar-refractivity contribution in [3.8, 4) is 0 Å². The second kappa shape index (κ2) is 6.27. The number of likely N-dealkylation sites (N-methyl/N-ethyl adjacent to an activating group) is 1. The van der Waals surface area contributed by atoms with Crippen LogP contribution in [0.2, 0.25) is 0 Å². The van der Waals surface area contributed by atoms with Crippen molar-refractivity contribution >= 4 is 0 Å². The molecule has 1 unspecified atom stereocenters. The first-order valence-corrected chi connectivity index (χ1v) is 7.84. The molecule has 4 nitrogen and oxygen atoms in total. The van der Waals surface area contributed by atoms with Crippen molar-refractivity contribution in [2.75, 3.05) is 14.1 Å². The molecule has 1 atom stereocenters. The van der Waals surface area contributed by atoms with Crippen molar-refractivity contribution in [1.29, 1.82) is 0 Å². The maximum absolute atomic E-state index is 10.8. The van der Waals surface area contributed by atoms with Crippen LogP contribution < -0.4 is 0 Å². The topological polar surface area (TPSA) is 41.3 Å². The lowest BCUT2D eigenvalue weighted by Gasteiger charge is -2.47. The Morgan fingerprint density at radius 3 is 2.60 bits per heavy atom. The smallest absolute Gasteiger partial charge is 0.0765 e. The van der Waals surface area contributed by atoms with Crippen molar-refractivity contribution < 1.29 is 5.11 Å². The molecule has 1 aromatic rings. The summed E-state index contributed by atoms with van der Waals surface area (Å²) >= 11 is 0. The van der Waals surface area contributed by atoms with Crippen LogP contribution in [0.25, 0.3) is 0 Å². The van der Waals surface area contributed by atoms with E-state index in [1.807, 2.05) is 10.9 Å². The molecule has 1 aromatic heterocycles. The first kappa shape index (κ1) is 15.5. The number of hydrogen-bond acceptors (Lipinski definition) is 3. The molecule has 1 heterocycles. The van der Waals surface area contributed by atoms with Crippen molar-refractivity contribution in [2.24, 2.45) is 5.92 Å². The summed E-state index contributed by atoms with van der Waals surface area (Å²) < 4.78 is 1.92. The molecular formula is C16H29N3O. The Hall–Kier alpha value is -0.870. The van der Waals surface area contributed by atoms with E-state index in [9.17, 15) is 5.11 Å². The van der Waals surface area contributed by atoms with Crippen LogP contribution in [-0.4, -0.2) is 45.5 Å². The number of aliphatic hydroxyl groups excluding tert-OH is 1. The zero-order valence-electron chi connectivity index (χ0n) is 13.3. The molecule has 0 amide bonds. The van der Waals surface area contributed by atoms with Crippen LogP contribution in [0.3, 0.4) is 0 Å². The van der Waals surface area contributed by atoms with Gasteiger partial charge in [0.25, 0.3) is 0 Å². The van der Waals surface area contributed by atoms with Gasteiger partial charge in [-0.3, -0.25) is 4.68 Å². The van der Waals surface area contributed by atoms with Crippen LogP contribution in [0, 0.1) is 5.92 Å². The van der Waals surface area contributed by atoms with E-state index < -0.39 is 0 Å². The highest BCUT2D eigenvalue weighted by atomic mass is 16.3. The van der Waals surface area contributed by atoms with Crippen LogP contribution in [0.5, 0.6) is 0 Å². The Balaban J connectivity index is 2.09. The minimum absolute atomic E-state index is 0.0686. The molecule has 0 aromatic carbocycles. The Morgan fingerprint density at radius 2 is 2.10 bits per heavy atom. The molecule has 1 saturated carbocycles. The van der Waals surface area contributed by atoms with Gasteiger partial charge in [-0.25, -0.2) is 0 Å². The molecule has 0 radical (unpaired) electrons. The second-order valence-corrected chi connectivity index (χ2v) is 6.60. The van der Waals surface area contributed by atoms with Crippen LogP contribution in [0.15, 0.2) is 12.4 Å². The van der Waals surface area contributed by atoms with Crippen LogP contribution in [0.4, 0.5) is 0 Å². The molecule has 114 valence electrons. The number of rotatable bonds is 5. The van der Waals surface area contributed by atoms with Gasteiger partial charge in [0.15, 0.2) is 0 Å². The molecule has 1 N–H and O–H groups in total. The molecule has 1 aliphatic rings. The van der Waals surface area contributed by atoms with Crippen LogP contribution in [0.1, 0.15) is 45.1 Å². The highest BCUT2D eigenvalue weighted by molar-refractivity contribution is 5.10. The van der Waals surface area contributed by atoms with Crippen molar-refractivity contribution in [2.45, 2.75) is 64.1 Å². The van der Waals surface area contributed by atoms with Gasteiger partial charge in [-0.2, -0.15) is 5.10 Å². The molecular weight excluding hydrogens is 250 g/mol.